The summed E-state index contributed by atoms with van der Waals surface area (Å²) in [6, 6.07) is 12.4. The predicted molar refractivity (Wildman–Crippen MR) is 86.8 cm³/mol. The fourth-order valence-corrected chi connectivity index (χ4v) is 3.23. The van der Waals surface area contributed by atoms with E-state index in [1.807, 2.05) is 30.5 Å². The number of β-amino-alcohol motifs (C(OH)–C–C–N with tert-alkyl or cyclic N) is 1. The second kappa shape index (κ2) is 5.10. The Kier molecular flexibility index (Phi) is 3.08. The number of benzene rings is 1. The lowest BCUT2D eigenvalue weighted by atomic mass is 10.1. The molecule has 0 unspecified atom stereocenters. The number of hydrogen-bond donors (Lipinski definition) is 2. The molecule has 0 saturated carbocycles. The van der Waals surface area contributed by atoms with Gasteiger partial charge >= 0.3 is 0 Å². The van der Waals surface area contributed by atoms with Gasteiger partial charge < -0.3 is 10.0 Å². The number of hydrogen-bond acceptors (Lipinski definition) is 4. The van der Waals surface area contributed by atoms with Crippen LogP contribution in [-0.4, -0.2) is 39.0 Å². The quantitative estimate of drug-likeness (QED) is 0.762. The molecule has 1 aromatic carbocycles. The summed E-state index contributed by atoms with van der Waals surface area (Å²) in [7, 11) is 0. The summed E-state index contributed by atoms with van der Waals surface area (Å²) < 4.78 is 0. The van der Waals surface area contributed by atoms with Crippen molar-refractivity contribution in [1.29, 1.82) is 0 Å². The van der Waals surface area contributed by atoms with E-state index in [2.05, 4.69) is 39.1 Å². The number of aliphatic hydroxyl groups excluding tert-OH is 1. The number of aromatic amines is 1. The fourth-order valence-electron chi connectivity index (χ4n) is 3.23. The van der Waals surface area contributed by atoms with E-state index in [1.54, 1.807) is 0 Å². The molecule has 0 amide bonds. The van der Waals surface area contributed by atoms with Gasteiger partial charge in [0, 0.05) is 29.7 Å². The number of aromatic nitrogens is 3. The maximum Gasteiger partial charge on any atom is 0.129 e. The van der Waals surface area contributed by atoms with E-state index in [9.17, 15) is 5.11 Å². The molecule has 0 radical (unpaired) electrons. The second-order valence-electron chi connectivity index (χ2n) is 5.91. The normalized spacial score (nSPS) is 21.6. The zero-order valence-corrected chi connectivity index (χ0v) is 12.4. The van der Waals surface area contributed by atoms with Gasteiger partial charge in [-0.15, -0.1) is 0 Å². The van der Waals surface area contributed by atoms with E-state index in [0.29, 0.717) is 12.6 Å². The molecular weight excluding hydrogens is 276 g/mol. The van der Waals surface area contributed by atoms with Crippen LogP contribution >= 0.6 is 0 Å². The Balaban J connectivity index is 1.76. The first kappa shape index (κ1) is 13.3. The van der Waals surface area contributed by atoms with Gasteiger partial charge in [0.1, 0.15) is 11.5 Å². The van der Waals surface area contributed by atoms with E-state index in [-0.39, 0.29) is 6.10 Å². The molecule has 2 N–H and O–H groups in total. The first-order chi connectivity index (χ1) is 10.7. The Labute approximate surface area is 128 Å². The summed E-state index contributed by atoms with van der Waals surface area (Å²) in [6.45, 7) is 2.76. The summed E-state index contributed by atoms with van der Waals surface area (Å²) in [5, 5.41) is 18.5. The molecule has 3 aromatic rings. The molecule has 0 spiro atoms. The number of nitrogens with zero attached hydrogens (tertiary/aromatic N) is 3. The largest absolute Gasteiger partial charge is 0.391 e. The molecule has 1 aliphatic heterocycles. The van der Waals surface area contributed by atoms with Gasteiger partial charge in [0.25, 0.3) is 0 Å². The first-order valence-electron chi connectivity index (χ1n) is 7.56. The molecule has 2 atom stereocenters. The Morgan fingerprint density at radius 1 is 1.27 bits per heavy atom. The highest BCUT2D eigenvalue weighted by Crippen LogP contribution is 2.30. The molecule has 22 heavy (non-hydrogen) atoms. The number of rotatable bonds is 2. The van der Waals surface area contributed by atoms with Gasteiger partial charge in [-0.1, -0.05) is 18.2 Å². The van der Waals surface area contributed by atoms with Crippen LogP contribution in [0.2, 0.25) is 0 Å². The molecule has 1 fully saturated rings. The van der Waals surface area contributed by atoms with Crippen LogP contribution in [0.5, 0.6) is 0 Å². The van der Waals surface area contributed by atoms with E-state index < -0.39 is 0 Å². The first-order valence-corrected chi connectivity index (χ1v) is 7.56. The maximum absolute atomic E-state index is 9.84. The minimum Gasteiger partial charge on any atom is -0.391 e. The zero-order valence-electron chi connectivity index (χ0n) is 12.4. The molecular formula is C17H18N4O. The van der Waals surface area contributed by atoms with E-state index >= 15 is 0 Å². The minimum atomic E-state index is -0.272. The third-order valence-electron chi connectivity index (χ3n) is 4.34. The molecule has 1 saturated heterocycles. The third kappa shape index (κ3) is 2.14. The van der Waals surface area contributed by atoms with Crippen molar-refractivity contribution in [3.63, 3.8) is 0 Å². The second-order valence-corrected chi connectivity index (χ2v) is 5.91. The third-order valence-corrected chi connectivity index (χ3v) is 4.34. The van der Waals surface area contributed by atoms with Gasteiger partial charge in [-0.05, 0) is 31.5 Å². The molecule has 0 bridgehead atoms. The number of nitrogens with one attached hydrogen (secondary N) is 1. The fraction of sp³-hybridized carbons (Fsp3) is 0.294. The number of para-hydroxylation sites is 1. The molecule has 2 aromatic heterocycles. The van der Waals surface area contributed by atoms with Gasteiger partial charge in [0.05, 0.1) is 11.6 Å². The molecule has 3 heterocycles. The Hall–Kier alpha value is -2.40. The smallest absolute Gasteiger partial charge is 0.129 e. The van der Waals surface area contributed by atoms with Crippen molar-refractivity contribution in [2.24, 2.45) is 0 Å². The van der Waals surface area contributed by atoms with Crippen LogP contribution in [0.1, 0.15) is 13.3 Å². The van der Waals surface area contributed by atoms with Gasteiger partial charge in [-0.3, -0.25) is 5.10 Å². The summed E-state index contributed by atoms with van der Waals surface area (Å²) in [6.07, 6.45) is 2.33. The van der Waals surface area contributed by atoms with Crippen LogP contribution in [-0.2, 0) is 0 Å². The monoisotopic (exact) mass is 294 g/mol. The molecule has 4 rings (SSSR count). The summed E-state index contributed by atoms with van der Waals surface area (Å²) in [5.74, 6) is 0.897. The number of aliphatic hydroxyl groups is 1. The van der Waals surface area contributed by atoms with Crippen LogP contribution < -0.4 is 4.90 Å². The SMILES string of the molecule is C[C@@H]1C[C@@H](O)CN1c1cc(-c2n[nH]c3ccccc23)ccn1. The van der Waals surface area contributed by atoms with Gasteiger partial charge in [0.15, 0.2) is 0 Å². The van der Waals surface area contributed by atoms with Crippen LogP contribution in [0.3, 0.4) is 0 Å². The van der Waals surface area contributed by atoms with Crippen molar-refractivity contribution >= 4 is 16.7 Å². The van der Waals surface area contributed by atoms with E-state index in [1.165, 1.54) is 0 Å². The molecule has 1 aliphatic rings. The van der Waals surface area contributed by atoms with Crippen LogP contribution in [0.25, 0.3) is 22.2 Å². The minimum absolute atomic E-state index is 0.272. The van der Waals surface area contributed by atoms with Crippen molar-refractivity contribution in [1.82, 2.24) is 15.2 Å². The summed E-state index contributed by atoms with van der Waals surface area (Å²) >= 11 is 0. The predicted octanol–water partition coefficient (Wildman–Crippen LogP) is 2.58. The number of fused-ring (bicyclic) bond motifs is 1. The molecule has 5 nitrogen and oxygen atoms in total. The zero-order chi connectivity index (χ0) is 15.1. The van der Waals surface area contributed by atoms with Crippen molar-refractivity contribution in [2.45, 2.75) is 25.5 Å². The Morgan fingerprint density at radius 2 is 2.14 bits per heavy atom. The highest BCUT2D eigenvalue weighted by atomic mass is 16.3. The average molecular weight is 294 g/mol. The topological polar surface area (TPSA) is 65.0 Å². The standard InChI is InChI=1S/C17H18N4O/c1-11-8-13(22)10-21(11)16-9-12(6-7-18-16)17-14-4-2-3-5-15(14)19-20-17/h2-7,9,11,13,22H,8,10H2,1H3,(H,19,20)/t11-,13-/m1/s1. The number of pyridine rings is 1. The van der Waals surface area contributed by atoms with Crippen molar-refractivity contribution in [3.05, 3.63) is 42.6 Å². The van der Waals surface area contributed by atoms with Gasteiger partial charge in [-0.2, -0.15) is 5.10 Å². The van der Waals surface area contributed by atoms with Gasteiger partial charge in [0.2, 0.25) is 0 Å². The van der Waals surface area contributed by atoms with Crippen molar-refractivity contribution in [3.8, 4) is 11.3 Å². The van der Waals surface area contributed by atoms with Crippen LogP contribution in [0, 0.1) is 0 Å². The molecule has 5 heteroatoms. The van der Waals surface area contributed by atoms with E-state index in [0.717, 1.165) is 34.4 Å². The van der Waals surface area contributed by atoms with Crippen LogP contribution in [0.4, 0.5) is 5.82 Å². The lowest BCUT2D eigenvalue weighted by molar-refractivity contribution is 0.195. The lowest BCUT2D eigenvalue weighted by Gasteiger charge is -2.22. The van der Waals surface area contributed by atoms with Crippen molar-refractivity contribution in [2.75, 3.05) is 11.4 Å². The lowest BCUT2D eigenvalue weighted by Crippen LogP contribution is -2.28. The van der Waals surface area contributed by atoms with Gasteiger partial charge in [-0.25, -0.2) is 4.98 Å². The summed E-state index contributed by atoms with van der Waals surface area (Å²) in [4.78, 5) is 6.63. The summed E-state index contributed by atoms with van der Waals surface area (Å²) in [5.41, 5.74) is 3.00. The molecule has 0 aliphatic carbocycles. The number of anilines is 1. The van der Waals surface area contributed by atoms with E-state index in [4.69, 9.17) is 0 Å². The van der Waals surface area contributed by atoms with Crippen molar-refractivity contribution < 1.29 is 5.11 Å². The average Bonchev–Trinajstić information content (AvgIpc) is 3.10. The Morgan fingerprint density at radius 3 is 2.95 bits per heavy atom. The number of H-pyrrole nitrogens is 1. The highest BCUT2D eigenvalue weighted by molar-refractivity contribution is 5.93. The highest BCUT2D eigenvalue weighted by Gasteiger charge is 2.28. The maximum atomic E-state index is 9.84. The molecule has 112 valence electrons. The van der Waals surface area contributed by atoms with Crippen LogP contribution in [0.15, 0.2) is 42.6 Å². The Bertz CT molecular complexity index is 813.